The molecule has 1 aromatic carbocycles. The molecule has 1 aliphatic rings. The molecule has 110 valence electrons. The zero-order valence-corrected chi connectivity index (χ0v) is 11.9. The van der Waals surface area contributed by atoms with Crippen LogP contribution < -0.4 is 4.72 Å². The zero-order valence-electron chi connectivity index (χ0n) is 11.1. The molecular formula is C13H17NO5S. The van der Waals surface area contributed by atoms with Crippen molar-refractivity contribution in [3.63, 3.8) is 0 Å². The predicted octanol–water partition coefficient (Wildman–Crippen LogP) is 0.982. The standard InChI is InChI=1S/C13H17NO5S/c1-9-12(5-6-19-9)14-20(17,18)8-10-3-2-4-11(7-10)13(15)16/h2-4,7,9,12,14H,5-6,8H2,1H3,(H,15,16). The summed E-state index contributed by atoms with van der Waals surface area (Å²) in [5, 5.41) is 8.89. The Labute approximate surface area is 117 Å². The lowest BCUT2D eigenvalue weighted by Gasteiger charge is -2.16. The third-order valence-corrected chi connectivity index (χ3v) is 4.61. The number of hydrogen-bond acceptors (Lipinski definition) is 4. The molecule has 0 aromatic heterocycles. The van der Waals surface area contributed by atoms with E-state index in [1.54, 1.807) is 6.07 Å². The highest BCUT2D eigenvalue weighted by molar-refractivity contribution is 7.88. The Kier molecular flexibility index (Phi) is 4.42. The van der Waals surface area contributed by atoms with E-state index in [0.29, 0.717) is 18.6 Å². The van der Waals surface area contributed by atoms with E-state index in [1.807, 2.05) is 6.92 Å². The lowest BCUT2D eigenvalue weighted by Crippen LogP contribution is -2.39. The molecule has 1 heterocycles. The number of nitrogens with one attached hydrogen (secondary N) is 1. The van der Waals surface area contributed by atoms with E-state index in [9.17, 15) is 13.2 Å². The third kappa shape index (κ3) is 3.78. The Morgan fingerprint density at radius 1 is 1.50 bits per heavy atom. The third-order valence-electron chi connectivity index (χ3n) is 3.24. The minimum Gasteiger partial charge on any atom is -0.478 e. The zero-order chi connectivity index (χ0) is 14.8. The fourth-order valence-electron chi connectivity index (χ4n) is 2.17. The van der Waals surface area contributed by atoms with Crippen LogP contribution in [0.25, 0.3) is 0 Å². The topological polar surface area (TPSA) is 92.7 Å². The second-order valence-electron chi connectivity index (χ2n) is 4.85. The SMILES string of the molecule is CC1OCCC1NS(=O)(=O)Cc1cccc(C(=O)O)c1. The lowest BCUT2D eigenvalue weighted by atomic mass is 10.1. The molecule has 2 N–H and O–H groups in total. The second kappa shape index (κ2) is 5.90. The highest BCUT2D eigenvalue weighted by Gasteiger charge is 2.28. The van der Waals surface area contributed by atoms with Crippen LogP contribution in [0.5, 0.6) is 0 Å². The van der Waals surface area contributed by atoms with E-state index >= 15 is 0 Å². The Hall–Kier alpha value is -1.44. The van der Waals surface area contributed by atoms with Crippen molar-refractivity contribution in [1.82, 2.24) is 4.72 Å². The van der Waals surface area contributed by atoms with Crippen molar-refractivity contribution in [3.05, 3.63) is 35.4 Å². The summed E-state index contributed by atoms with van der Waals surface area (Å²) in [5.41, 5.74) is 0.527. The summed E-state index contributed by atoms with van der Waals surface area (Å²) in [6.07, 6.45) is 0.505. The van der Waals surface area contributed by atoms with Gasteiger partial charge >= 0.3 is 5.97 Å². The van der Waals surface area contributed by atoms with Gasteiger partial charge in [-0.25, -0.2) is 17.9 Å². The highest BCUT2D eigenvalue weighted by Crippen LogP contribution is 2.15. The first-order chi connectivity index (χ1) is 9.37. The number of benzene rings is 1. The minimum atomic E-state index is -3.52. The first-order valence-corrected chi connectivity index (χ1v) is 7.96. The van der Waals surface area contributed by atoms with Gasteiger partial charge in [-0.2, -0.15) is 0 Å². The quantitative estimate of drug-likeness (QED) is 0.845. The van der Waals surface area contributed by atoms with Gasteiger partial charge in [-0.15, -0.1) is 0 Å². The highest BCUT2D eigenvalue weighted by atomic mass is 32.2. The van der Waals surface area contributed by atoms with Crippen molar-refractivity contribution >= 4 is 16.0 Å². The molecule has 1 fully saturated rings. The molecule has 0 spiro atoms. The van der Waals surface area contributed by atoms with Crippen molar-refractivity contribution in [2.75, 3.05) is 6.61 Å². The Balaban J connectivity index is 2.08. The predicted molar refractivity (Wildman–Crippen MR) is 73.0 cm³/mol. The molecule has 2 atom stereocenters. The van der Waals surface area contributed by atoms with Crippen LogP contribution in [-0.2, 0) is 20.5 Å². The maximum absolute atomic E-state index is 12.1. The number of carboxylic acids is 1. The number of ether oxygens (including phenoxy) is 1. The molecule has 1 aromatic rings. The van der Waals surface area contributed by atoms with Crippen molar-refractivity contribution < 1.29 is 23.1 Å². The largest absolute Gasteiger partial charge is 0.478 e. The van der Waals surface area contributed by atoms with Crippen molar-refractivity contribution in [2.24, 2.45) is 0 Å². The Bertz CT molecular complexity index is 599. The van der Waals surface area contributed by atoms with Gasteiger partial charge in [0.2, 0.25) is 10.0 Å². The van der Waals surface area contributed by atoms with Crippen LogP contribution in [0.2, 0.25) is 0 Å². The summed E-state index contributed by atoms with van der Waals surface area (Å²) < 4.78 is 32.0. The molecule has 0 radical (unpaired) electrons. The molecule has 20 heavy (non-hydrogen) atoms. The number of hydrogen-bond donors (Lipinski definition) is 2. The van der Waals surface area contributed by atoms with Crippen molar-refractivity contribution in [1.29, 1.82) is 0 Å². The number of carboxylic acid groups (broad SMARTS) is 1. The molecule has 0 bridgehead atoms. The van der Waals surface area contributed by atoms with E-state index in [-0.39, 0.29) is 23.5 Å². The van der Waals surface area contributed by atoms with Gasteiger partial charge in [-0.3, -0.25) is 0 Å². The minimum absolute atomic E-state index is 0.0790. The summed E-state index contributed by atoms with van der Waals surface area (Å²) in [6.45, 7) is 2.37. The average Bonchev–Trinajstić information content (AvgIpc) is 2.74. The van der Waals surface area contributed by atoms with Crippen LogP contribution >= 0.6 is 0 Å². The number of rotatable bonds is 5. The van der Waals surface area contributed by atoms with Crippen molar-refractivity contribution in [3.8, 4) is 0 Å². The normalized spacial score (nSPS) is 22.9. The Morgan fingerprint density at radius 3 is 2.85 bits per heavy atom. The van der Waals surface area contributed by atoms with E-state index in [2.05, 4.69) is 4.72 Å². The van der Waals surface area contributed by atoms with Crippen LogP contribution in [0.4, 0.5) is 0 Å². The van der Waals surface area contributed by atoms with Crippen LogP contribution in [0.1, 0.15) is 29.3 Å². The number of sulfonamides is 1. The molecule has 7 heteroatoms. The molecule has 0 saturated carbocycles. The van der Waals surface area contributed by atoms with Gasteiger partial charge in [0.15, 0.2) is 0 Å². The van der Waals surface area contributed by atoms with E-state index < -0.39 is 16.0 Å². The van der Waals surface area contributed by atoms with E-state index in [0.717, 1.165) is 0 Å². The van der Waals surface area contributed by atoms with Gasteiger partial charge in [-0.05, 0) is 31.0 Å². The maximum atomic E-state index is 12.1. The van der Waals surface area contributed by atoms with Crippen LogP contribution in [-0.4, -0.2) is 38.2 Å². The molecule has 6 nitrogen and oxygen atoms in total. The van der Waals surface area contributed by atoms with E-state index in [4.69, 9.17) is 9.84 Å². The number of aromatic carboxylic acids is 1. The van der Waals surface area contributed by atoms with Crippen LogP contribution in [0, 0.1) is 0 Å². The fourth-order valence-corrected chi connectivity index (χ4v) is 3.64. The molecular weight excluding hydrogens is 282 g/mol. The van der Waals surface area contributed by atoms with Crippen LogP contribution in [0.15, 0.2) is 24.3 Å². The summed E-state index contributed by atoms with van der Waals surface area (Å²) in [7, 11) is -3.52. The number of carbonyl (C=O) groups is 1. The molecule has 1 saturated heterocycles. The fraction of sp³-hybridized carbons (Fsp3) is 0.462. The van der Waals surface area contributed by atoms with Gasteiger partial charge in [0.25, 0.3) is 0 Å². The van der Waals surface area contributed by atoms with E-state index in [1.165, 1.54) is 18.2 Å². The summed E-state index contributed by atoms with van der Waals surface area (Å²) in [5.74, 6) is -1.31. The smallest absolute Gasteiger partial charge is 0.335 e. The molecule has 2 unspecified atom stereocenters. The lowest BCUT2D eigenvalue weighted by molar-refractivity contribution is 0.0696. The first kappa shape index (κ1) is 15.0. The summed E-state index contributed by atoms with van der Waals surface area (Å²) in [6, 6.07) is 5.72. The molecule has 0 amide bonds. The monoisotopic (exact) mass is 299 g/mol. The van der Waals surface area contributed by atoms with Crippen molar-refractivity contribution in [2.45, 2.75) is 31.2 Å². The van der Waals surface area contributed by atoms with Gasteiger partial charge in [-0.1, -0.05) is 12.1 Å². The second-order valence-corrected chi connectivity index (χ2v) is 6.61. The van der Waals surface area contributed by atoms with Gasteiger partial charge in [0.1, 0.15) is 0 Å². The first-order valence-electron chi connectivity index (χ1n) is 6.31. The molecule has 0 aliphatic carbocycles. The van der Waals surface area contributed by atoms with Gasteiger partial charge in [0.05, 0.1) is 17.4 Å². The molecule has 1 aliphatic heterocycles. The summed E-state index contributed by atoms with van der Waals surface area (Å²) in [4.78, 5) is 10.9. The van der Waals surface area contributed by atoms with Gasteiger partial charge in [0, 0.05) is 12.6 Å². The average molecular weight is 299 g/mol. The Morgan fingerprint density at radius 2 is 2.25 bits per heavy atom. The summed E-state index contributed by atoms with van der Waals surface area (Å²) >= 11 is 0. The van der Waals surface area contributed by atoms with Crippen LogP contribution in [0.3, 0.4) is 0 Å². The molecule has 2 rings (SSSR count). The van der Waals surface area contributed by atoms with Gasteiger partial charge < -0.3 is 9.84 Å². The maximum Gasteiger partial charge on any atom is 0.335 e.